The van der Waals surface area contributed by atoms with Crippen molar-refractivity contribution in [3.8, 4) is 0 Å². The summed E-state index contributed by atoms with van der Waals surface area (Å²) in [6.07, 6.45) is 3.51. The van der Waals surface area contributed by atoms with Crippen molar-refractivity contribution >= 4 is 5.69 Å². The second kappa shape index (κ2) is 3.41. The first-order valence-electron chi connectivity index (χ1n) is 5.24. The molecule has 0 amide bonds. The number of nitrogens with one attached hydrogen (secondary N) is 1. The van der Waals surface area contributed by atoms with E-state index in [-0.39, 0.29) is 0 Å². The van der Waals surface area contributed by atoms with Gasteiger partial charge in [0.1, 0.15) is 0 Å². The fourth-order valence-electron chi connectivity index (χ4n) is 2.18. The number of fused-ring (bicyclic) bond motifs is 1. The second-order valence-corrected chi connectivity index (χ2v) is 3.62. The molecule has 1 aromatic carbocycles. The number of rotatable bonds is 2. The van der Waals surface area contributed by atoms with Crippen molar-refractivity contribution in [1.82, 2.24) is 0 Å². The van der Waals surface area contributed by atoms with Gasteiger partial charge in [-0.05, 0) is 36.0 Å². The minimum atomic E-state index is 1.12. The molecule has 0 radical (unpaired) electrons. The number of aryl methyl sites for hydroxylation is 2. The highest BCUT2D eigenvalue weighted by Gasteiger charge is 2.15. The van der Waals surface area contributed by atoms with E-state index < -0.39 is 0 Å². The summed E-state index contributed by atoms with van der Waals surface area (Å²) in [4.78, 5) is 0. The van der Waals surface area contributed by atoms with Crippen LogP contribution < -0.4 is 5.32 Å². The normalized spacial score (nSPS) is 14.0. The van der Waals surface area contributed by atoms with Gasteiger partial charge in [0.15, 0.2) is 0 Å². The Kier molecular flexibility index (Phi) is 2.26. The largest absolute Gasteiger partial charge is 0.384 e. The van der Waals surface area contributed by atoms with Crippen molar-refractivity contribution in [3.63, 3.8) is 0 Å². The van der Waals surface area contributed by atoms with Crippen molar-refractivity contribution < 1.29 is 0 Å². The van der Waals surface area contributed by atoms with Crippen LogP contribution in [-0.2, 0) is 19.3 Å². The molecule has 0 saturated carbocycles. The first kappa shape index (κ1) is 8.61. The maximum Gasteiger partial charge on any atom is 0.0408 e. The summed E-state index contributed by atoms with van der Waals surface area (Å²) in [6, 6.07) is 4.57. The average molecular weight is 175 g/mol. The molecule has 0 bridgehead atoms. The molecular weight excluding hydrogens is 158 g/mol. The molecule has 2 rings (SSSR count). The van der Waals surface area contributed by atoms with E-state index in [2.05, 4.69) is 31.3 Å². The van der Waals surface area contributed by atoms with Gasteiger partial charge in [-0.15, -0.1) is 0 Å². The molecule has 0 aliphatic carbocycles. The van der Waals surface area contributed by atoms with Crippen molar-refractivity contribution in [2.24, 2.45) is 0 Å². The fourth-order valence-corrected chi connectivity index (χ4v) is 2.18. The van der Waals surface area contributed by atoms with Crippen molar-refractivity contribution in [2.45, 2.75) is 33.1 Å². The van der Waals surface area contributed by atoms with Crippen molar-refractivity contribution in [3.05, 3.63) is 28.8 Å². The van der Waals surface area contributed by atoms with E-state index in [9.17, 15) is 0 Å². The van der Waals surface area contributed by atoms with Gasteiger partial charge in [-0.2, -0.15) is 0 Å². The maximum atomic E-state index is 3.49. The lowest BCUT2D eigenvalue weighted by atomic mass is 9.98. The Labute approximate surface area is 80.2 Å². The fraction of sp³-hybridized carbons (Fsp3) is 0.500. The highest BCUT2D eigenvalue weighted by Crippen LogP contribution is 2.30. The molecule has 0 aromatic heterocycles. The van der Waals surface area contributed by atoms with E-state index in [4.69, 9.17) is 0 Å². The molecule has 1 aliphatic rings. The van der Waals surface area contributed by atoms with Crippen LogP contribution in [0.4, 0.5) is 5.69 Å². The van der Waals surface area contributed by atoms with Crippen LogP contribution in [-0.4, -0.2) is 6.54 Å². The highest BCUT2D eigenvalue weighted by molar-refractivity contribution is 5.63. The zero-order valence-electron chi connectivity index (χ0n) is 8.48. The molecular formula is C12H17N. The Bertz CT molecular complexity index is 284. The Morgan fingerprint density at radius 2 is 1.85 bits per heavy atom. The SMILES string of the molecule is CCc1ccc(CC)c2c1CCN2. The topological polar surface area (TPSA) is 12.0 Å². The van der Waals surface area contributed by atoms with Gasteiger partial charge >= 0.3 is 0 Å². The summed E-state index contributed by atoms with van der Waals surface area (Å²) in [5.74, 6) is 0. The molecule has 0 spiro atoms. The molecule has 1 heteroatoms. The van der Waals surface area contributed by atoms with Crippen LogP contribution in [0.15, 0.2) is 12.1 Å². The van der Waals surface area contributed by atoms with Crippen molar-refractivity contribution in [1.29, 1.82) is 0 Å². The lowest BCUT2D eigenvalue weighted by Gasteiger charge is -2.10. The molecule has 0 unspecified atom stereocenters. The van der Waals surface area contributed by atoms with Gasteiger partial charge in [0.25, 0.3) is 0 Å². The Hall–Kier alpha value is -0.980. The molecule has 1 nitrogen and oxygen atoms in total. The predicted octanol–water partition coefficient (Wildman–Crippen LogP) is 2.78. The molecule has 0 atom stereocenters. The Morgan fingerprint density at radius 1 is 1.15 bits per heavy atom. The maximum absolute atomic E-state index is 3.49. The summed E-state index contributed by atoms with van der Waals surface area (Å²) < 4.78 is 0. The highest BCUT2D eigenvalue weighted by atomic mass is 14.9. The Balaban J connectivity index is 2.52. The predicted molar refractivity (Wildman–Crippen MR) is 57.4 cm³/mol. The van der Waals surface area contributed by atoms with E-state index in [0.717, 1.165) is 19.4 Å². The lowest BCUT2D eigenvalue weighted by molar-refractivity contribution is 1.04. The molecule has 13 heavy (non-hydrogen) atoms. The number of anilines is 1. The first-order chi connectivity index (χ1) is 6.36. The van der Waals surface area contributed by atoms with Crippen LogP contribution in [0.25, 0.3) is 0 Å². The van der Waals surface area contributed by atoms with Gasteiger partial charge in [0, 0.05) is 12.2 Å². The minimum Gasteiger partial charge on any atom is -0.384 e. The molecule has 1 aliphatic heterocycles. The third-order valence-electron chi connectivity index (χ3n) is 2.93. The van der Waals surface area contributed by atoms with Crippen LogP contribution in [0.2, 0.25) is 0 Å². The van der Waals surface area contributed by atoms with Gasteiger partial charge in [0.2, 0.25) is 0 Å². The quantitative estimate of drug-likeness (QED) is 0.728. The van der Waals surface area contributed by atoms with Gasteiger partial charge in [-0.25, -0.2) is 0 Å². The first-order valence-corrected chi connectivity index (χ1v) is 5.24. The minimum absolute atomic E-state index is 1.12. The average Bonchev–Trinajstić information content (AvgIpc) is 2.64. The molecule has 70 valence electrons. The van der Waals surface area contributed by atoms with E-state index in [1.54, 1.807) is 5.56 Å². The van der Waals surface area contributed by atoms with Crippen LogP contribution in [0.3, 0.4) is 0 Å². The monoisotopic (exact) mass is 175 g/mol. The van der Waals surface area contributed by atoms with Gasteiger partial charge in [-0.3, -0.25) is 0 Å². The zero-order chi connectivity index (χ0) is 9.26. The molecule has 0 saturated heterocycles. The van der Waals surface area contributed by atoms with Gasteiger partial charge in [0.05, 0.1) is 0 Å². The van der Waals surface area contributed by atoms with Crippen LogP contribution in [0, 0.1) is 0 Å². The van der Waals surface area contributed by atoms with Gasteiger partial charge in [-0.1, -0.05) is 26.0 Å². The van der Waals surface area contributed by atoms with E-state index in [1.165, 1.54) is 23.2 Å². The van der Waals surface area contributed by atoms with E-state index >= 15 is 0 Å². The van der Waals surface area contributed by atoms with E-state index in [0.29, 0.717) is 0 Å². The third-order valence-corrected chi connectivity index (χ3v) is 2.93. The molecule has 1 N–H and O–H groups in total. The molecule has 0 fully saturated rings. The van der Waals surface area contributed by atoms with Crippen LogP contribution in [0.5, 0.6) is 0 Å². The summed E-state index contributed by atoms with van der Waals surface area (Å²) in [5, 5.41) is 3.49. The van der Waals surface area contributed by atoms with Crippen LogP contribution in [0.1, 0.15) is 30.5 Å². The standard InChI is InChI=1S/C12H17N/c1-3-9-5-6-10(4-2)12-11(9)7-8-13-12/h5-6,13H,3-4,7-8H2,1-2H3. The molecule has 1 aromatic rings. The number of hydrogen-bond donors (Lipinski definition) is 1. The van der Waals surface area contributed by atoms with Gasteiger partial charge < -0.3 is 5.32 Å². The summed E-state index contributed by atoms with van der Waals surface area (Å²) >= 11 is 0. The van der Waals surface area contributed by atoms with Crippen LogP contribution >= 0.6 is 0 Å². The summed E-state index contributed by atoms with van der Waals surface area (Å²) in [6.45, 7) is 5.58. The molecule has 1 heterocycles. The number of hydrogen-bond acceptors (Lipinski definition) is 1. The van der Waals surface area contributed by atoms with E-state index in [1.807, 2.05) is 0 Å². The second-order valence-electron chi connectivity index (χ2n) is 3.62. The third kappa shape index (κ3) is 1.32. The Morgan fingerprint density at radius 3 is 2.54 bits per heavy atom. The van der Waals surface area contributed by atoms with Crippen molar-refractivity contribution in [2.75, 3.05) is 11.9 Å². The zero-order valence-corrected chi connectivity index (χ0v) is 8.48. The smallest absolute Gasteiger partial charge is 0.0408 e. The summed E-state index contributed by atoms with van der Waals surface area (Å²) in [5.41, 5.74) is 6.01. The summed E-state index contributed by atoms with van der Waals surface area (Å²) in [7, 11) is 0. The lowest BCUT2D eigenvalue weighted by Crippen LogP contribution is -1.95. The number of benzene rings is 1.